The Hall–Kier alpha value is -2.23. The topological polar surface area (TPSA) is 121 Å². The number of nitriles is 3. The van der Waals surface area contributed by atoms with Gasteiger partial charge in [0.2, 0.25) is 0 Å². The van der Waals surface area contributed by atoms with E-state index in [1.807, 2.05) is 0 Å². The molecule has 0 spiro atoms. The molecule has 2 aliphatic carbocycles. The minimum Gasteiger partial charge on any atom is -0.369 e. The van der Waals surface area contributed by atoms with Gasteiger partial charge >= 0.3 is 0 Å². The van der Waals surface area contributed by atoms with Crippen molar-refractivity contribution in [3.8, 4) is 18.2 Å². The maximum Gasteiger partial charge on any atom is 0.169 e. The van der Waals surface area contributed by atoms with Crippen LogP contribution in [0.5, 0.6) is 0 Å². The second-order valence-electron chi connectivity index (χ2n) is 8.29. The molecule has 1 unspecified atom stereocenters. The van der Waals surface area contributed by atoms with E-state index in [1.54, 1.807) is 0 Å². The first-order chi connectivity index (χ1) is 13.0. The first-order valence-corrected chi connectivity index (χ1v) is 10.1. The monoisotopic (exact) mass is 366 g/mol. The van der Waals surface area contributed by atoms with Gasteiger partial charge in [0.15, 0.2) is 11.1 Å². The molecule has 1 aliphatic heterocycles. The van der Waals surface area contributed by atoms with Crippen molar-refractivity contribution >= 4 is 12.0 Å². The van der Waals surface area contributed by atoms with Gasteiger partial charge in [-0.05, 0) is 25.7 Å². The van der Waals surface area contributed by atoms with Crippen molar-refractivity contribution in [3.63, 3.8) is 0 Å². The molecule has 0 aromatic carbocycles. The minimum absolute atomic E-state index is 0.0114. The highest BCUT2D eigenvalue weighted by molar-refractivity contribution is 6.08. The Morgan fingerprint density at radius 3 is 2.11 bits per heavy atom. The molecule has 6 nitrogen and oxygen atoms in total. The number of aldehydes is 1. The summed E-state index contributed by atoms with van der Waals surface area (Å²) in [5, 5.41) is 41.4. The molecule has 1 heterocycles. The highest BCUT2D eigenvalue weighted by atomic mass is 16.3. The van der Waals surface area contributed by atoms with Crippen molar-refractivity contribution in [3.05, 3.63) is 0 Å². The predicted octanol–water partition coefficient (Wildman–Crippen LogP) is 3.42. The second kappa shape index (κ2) is 7.41. The number of rotatable bonds is 1. The molecule has 1 N–H and O–H groups in total. The quantitative estimate of drug-likeness (QED) is 0.713. The lowest BCUT2D eigenvalue weighted by Crippen LogP contribution is -2.49. The van der Waals surface area contributed by atoms with Crippen LogP contribution < -0.4 is 0 Å². The van der Waals surface area contributed by atoms with E-state index in [0.717, 1.165) is 38.5 Å². The first kappa shape index (κ1) is 19.5. The van der Waals surface area contributed by atoms with Gasteiger partial charge in [-0.25, -0.2) is 0 Å². The average Bonchev–Trinajstić information content (AvgIpc) is 3.08. The van der Waals surface area contributed by atoms with E-state index in [1.165, 1.54) is 12.8 Å². The third-order valence-corrected chi connectivity index (χ3v) is 6.86. The SMILES string of the molecule is N#CC1(C#N)CC(C=O)C2=N[C@]3(O)CCCCCCCCCC[C@H]3[C@]21C#N. The van der Waals surface area contributed by atoms with E-state index >= 15 is 0 Å². The van der Waals surface area contributed by atoms with Crippen molar-refractivity contribution < 1.29 is 9.90 Å². The number of carbonyl (C=O) groups is 1. The Labute approximate surface area is 160 Å². The zero-order valence-corrected chi connectivity index (χ0v) is 15.7. The molecule has 0 radical (unpaired) electrons. The summed E-state index contributed by atoms with van der Waals surface area (Å²) in [6.45, 7) is 0. The Kier molecular flexibility index (Phi) is 5.36. The lowest BCUT2D eigenvalue weighted by atomic mass is 9.58. The van der Waals surface area contributed by atoms with Crippen molar-refractivity contribution in [2.24, 2.45) is 27.7 Å². The van der Waals surface area contributed by atoms with Gasteiger partial charge in [-0.15, -0.1) is 0 Å². The van der Waals surface area contributed by atoms with Crippen LogP contribution in [0.4, 0.5) is 0 Å². The van der Waals surface area contributed by atoms with Crippen LogP contribution in [-0.4, -0.2) is 22.8 Å². The molecule has 0 aromatic rings. The van der Waals surface area contributed by atoms with Crippen molar-refractivity contribution in [2.45, 2.75) is 76.4 Å². The van der Waals surface area contributed by atoms with Gasteiger partial charge in [-0.2, -0.15) is 15.8 Å². The molecule has 0 saturated heterocycles. The summed E-state index contributed by atoms with van der Waals surface area (Å²) in [6, 6.07) is 6.35. The van der Waals surface area contributed by atoms with Gasteiger partial charge in [0.25, 0.3) is 0 Å². The molecular weight excluding hydrogens is 340 g/mol. The second-order valence-corrected chi connectivity index (χ2v) is 8.29. The number of nitrogens with zero attached hydrogens (tertiary/aromatic N) is 4. The minimum atomic E-state index is -1.64. The normalized spacial score (nSPS) is 38.5. The lowest BCUT2D eigenvalue weighted by molar-refractivity contribution is -0.109. The van der Waals surface area contributed by atoms with Crippen LogP contribution in [-0.2, 0) is 4.79 Å². The summed E-state index contributed by atoms with van der Waals surface area (Å²) in [6.07, 6.45) is 9.78. The van der Waals surface area contributed by atoms with Crippen molar-refractivity contribution in [2.75, 3.05) is 0 Å². The zero-order valence-electron chi connectivity index (χ0n) is 15.7. The number of aliphatic imine (C=N–C) groups is 1. The molecule has 2 fully saturated rings. The van der Waals surface area contributed by atoms with Crippen LogP contribution in [0.25, 0.3) is 0 Å². The lowest BCUT2D eigenvalue weighted by Gasteiger charge is -2.39. The molecule has 3 aliphatic rings. The third kappa shape index (κ3) is 2.77. The van der Waals surface area contributed by atoms with Gasteiger partial charge in [0.05, 0.1) is 24.1 Å². The van der Waals surface area contributed by atoms with Crippen molar-refractivity contribution in [1.82, 2.24) is 0 Å². The zero-order chi connectivity index (χ0) is 19.5. The summed E-state index contributed by atoms with van der Waals surface area (Å²) in [7, 11) is 0. The van der Waals surface area contributed by atoms with E-state index in [-0.39, 0.29) is 12.1 Å². The van der Waals surface area contributed by atoms with Crippen molar-refractivity contribution in [1.29, 1.82) is 15.8 Å². The fraction of sp³-hybridized carbons (Fsp3) is 0.762. The van der Waals surface area contributed by atoms with Crippen LogP contribution in [0, 0.1) is 56.7 Å². The standard InChI is InChI=1S/C21H26N4O2/c22-13-19(14-23)11-16(12-26)18-20(19,15-24)17-9-7-5-3-1-2-4-6-8-10-21(17,27)25-18/h12,16-17,27H,1-11H2/t16?,17-,20+,21-/m0/s1. The Morgan fingerprint density at radius 2 is 1.56 bits per heavy atom. The Bertz CT molecular complexity index is 742. The molecule has 3 rings (SSSR count). The summed E-state index contributed by atoms with van der Waals surface area (Å²) >= 11 is 0. The smallest absolute Gasteiger partial charge is 0.169 e. The predicted molar refractivity (Wildman–Crippen MR) is 97.9 cm³/mol. The molecule has 4 atom stereocenters. The fourth-order valence-electron chi connectivity index (χ4n) is 5.49. The molecule has 2 saturated carbocycles. The van der Waals surface area contributed by atoms with Crippen LogP contribution in [0.1, 0.15) is 70.6 Å². The first-order valence-electron chi connectivity index (χ1n) is 10.1. The molecule has 27 heavy (non-hydrogen) atoms. The highest BCUT2D eigenvalue weighted by Crippen LogP contribution is 2.64. The van der Waals surface area contributed by atoms with Gasteiger partial charge in [0.1, 0.15) is 11.7 Å². The molecule has 6 heteroatoms. The van der Waals surface area contributed by atoms with E-state index in [9.17, 15) is 25.7 Å². The largest absolute Gasteiger partial charge is 0.369 e. The molecule has 0 aromatic heterocycles. The third-order valence-electron chi connectivity index (χ3n) is 6.86. The molecule has 0 amide bonds. The number of hydrogen-bond acceptors (Lipinski definition) is 6. The van der Waals surface area contributed by atoms with Crippen LogP contribution in [0.3, 0.4) is 0 Å². The molecule has 0 bridgehead atoms. The number of aliphatic hydroxyl groups is 1. The average molecular weight is 366 g/mol. The number of hydrogen-bond donors (Lipinski definition) is 1. The number of fused-ring (bicyclic) bond motifs is 3. The van der Waals surface area contributed by atoms with Crippen LogP contribution in [0.15, 0.2) is 4.99 Å². The van der Waals surface area contributed by atoms with Gasteiger partial charge in [0, 0.05) is 11.6 Å². The van der Waals surface area contributed by atoms with Crippen LogP contribution >= 0.6 is 0 Å². The summed E-state index contributed by atoms with van der Waals surface area (Å²) < 4.78 is 0. The van der Waals surface area contributed by atoms with Gasteiger partial charge < -0.3 is 9.90 Å². The molecular formula is C21H26N4O2. The highest BCUT2D eigenvalue weighted by Gasteiger charge is 2.74. The summed E-state index contributed by atoms with van der Waals surface area (Å²) in [4.78, 5) is 16.2. The van der Waals surface area contributed by atoms with E-state index in [4.69, 9.17) is 0 Å². The fourth-order valence-corrected chi connectivity index (χ4v) is 5.49. The Balaban J connectivity index is 2.10. The Morgan fingerprint density at radius 1 is 0.963 bits per heavy atom. The van der Waals surface area contributed by atoms with E-state index in [2.05, 4.69) is 23.2 Å². The maximum absolute atomic E-state index is 11.7. The van der Waals surface area contributed by atoms with E-state index in [0.29, 0.717) is 19.1 Å². The number of carbonyl (C=O) groups excluding carboxylic acids is 1. The van der Waals surface area contributed by atoms with Crippen LogP contribution in [0.2, 0.25) is 0 Å². The van der Waals surface area contributed by atoms with Gasteiger partial charge in [-0.3, -0.25) is 4.99 Å². The summed E-state index contributed by atoms with van der Waals surface area (Å²) in [5.74, 6) is -1.37. The van der Waals surface area contributed by atoms with E-state index < -0.39 is 28.4 Å². The van der Waals surface area contributed by atoms with Gasteiger partial charge in [-0.1, -0.05) is 44.9 Å². The summed E-state index contributed by atoms with van der Waals surface area (Å²) in [5.41, 5.74) is -4.34. The molecule has 142 valence electrons. The maximum atomic E-state index is 11.7.